The number of ether oxygens (including phenoxy) is 1. The molecule has 0 bridgehead atoms. The Morgan fingerprint density at radius 2 is 2.23 bits per heavy atom. The number of rotatable bonds is 5. The minimum absolute atomic E-state index is 0.918. The van der Waals surface area contributed by atoms with Crippen LogP contribution in [0.4, 0.5) is 0 Å². The molecular formula is C10H22N2O. The summed E-state index contributed by atoms with van der Waals surface area (Å²) < 4.78 is 5.39. The smallest absolute Gasteiger partial charge is 0.0593 e. The summed E-state index contributed by atoms with van der Waals surface area (Å²) in [6, 6.07) is 0. The van der Waals surface area contributed by atoms with Gasteiger partial charge in [0.05, 0.1) is 6.61 Å². The van der Waals surface area contributed by atoms with Crippen molar-refractivity contribution >= 4 is 0 Å². The zero-order valence-corrected chi connectivity index (χ0v) is 8.72. The van der Waals surface area contributed by atoms with Gasteiger partial charge in [0, 0.05) is 19.7 Å². The van der Waals surface area contributed by atoms with Crippen LogP contribution in [0, 0.1) is 0 Å². The molecule has 1 aliphatic rings. The van der Waals surface area contributed by atoms with Gasteiger partial charge in [0.15, 0.2) is 0 Å². The van der Waals surface area contributed by atoms with E-state index in [1.165, 1.54) is 25.9 Å². The van der Waals surface area contributed by atoms with E-state index in [1.54, 1.807) is 0 Å². The molecule has 0 amide bonds. The van der Waals surface area contributed by atoms with Gasteiger partial charge in [0.25, 0.3) is 0 Å². The highest BCUT2D eigenvalue weighted by molar-refractivity contribution is 4.61. The highest BCUT2D eigenvalue weighted by Crippen LogP contribution is 1.99. The van der Waals surface area contributed by atoms with E-state index in [4.69, 9.17) is 4.74 Å². The fraction of sp³-hybridized carbons (Fsp3) is 1.00. The lowest BCUT2D eigenvalue weighted by atomic mass is 10.3. The molecule has 0 aromatic carbocycles. The van der Waals surface area contributed by atoms with Gasteiger partial charge in [-0.15, -0.1) is 0 Å². The standard InChI is InChI=1S/C10H22N2O/c1-2-11-5-3-6-12-7-4-9-13-10-8-12/h11H,2-10H2,1H3. The molecule has 0 radical (unpaired) electrons. The van der Waals surface area contributed by atoms with Crippen LogP contribution >= 0.6 is 0 Å². The summed E-state index contributed by atoms with van der Waals surface area (Å²) in [6.45, 7) is 9.80. The Kier molecular flexibility index (Phi) is 6.15. The van der Waals surface area contributed by atoms with E-state index in [0.717, 1.165) is 32.8 Å². The number of hydrogen-bond acceptors (Lipinski definition) is 3. The second-order valence-corrected chi connectivity index (χ2v) is 3.51. The second kappa shape index (κ2) is 7.30. The summed E-state index contributed by atoms with van der Waals surface area (Å²) in [5.74, 6) is 0. The van der Waals surface area contributed by atoms with Crippen molar-refractivity contribution < 1.29 is 4.74 Å². The molecule has 1 saturated heterocycles. The summed E-state index contributed by atoms with van der Waals surface area (Å²) in [5, 5.41) is 3.35. The SMILES string of the molecule is CCNCCCN1CCCOCC1. The van der Waals surface area contributed by atoms with Crippen molar-refractivity contribution in [3.63, 3.8) is 0 Å². The Hall–Kier alpha value is -0.120. The fourth-order valence-corrected chi connectivity index (χ4v) is 1.63. The van der Waals surface area contributed by atoms with Crippen LogP contribution in [0.5, 0.6) is 0 Å². The molecule has 1 N–H and O–H groups in total. The lowest BCUT2D eigenvalue weighted by molar-refractivity contribution is 0.141. The van der Waals surface area contributed by atoms with Crippen molar-refractivity contribution in [2.45, 2.75) is 19.8 Å². The molecule has 13 heavy (non-hydrogen) atoms. The molecule has 0 saturated carbocycles. The molecule has 1 aliphatic heterocycles. The molecule has 0 atom stereocenters. The summed E-state index contributed by atoms with van der Waals surface area (Å²) >= 11 is 0. The van der Waals surface area contributed by atoms with Crippen molar-refractivity contribution in [2.24, 2.45) is 0 Å². The van der Waals surface area contributed by atoms with Crippen LogP contribution in [0.3, 0.4) is 0 Å². The predicted octanol–water partition coefficient (Wildman–Crippen LogP) is 0.708. The third-order valence-corrected chi connectivity index (χ3v) is 2.39. The number of nitrogens with zero attached hydrogens (tertiary/aromatic N) is 1. The largest absolute Gasteiger partial charge is 0.380 e. The Morgan fingerprint density at radius 3 is 3.08 bits per heavy atom. The van der Waals surface area contributed by atoms with E-state index in [0.29, 0.717) is 0 Å². The van der Waals surface area contributed by atoms with Crippen LogP contribution in [-0.4, -0.2) is 50.8 Å². The average molecular weight is 186 g/mol. The Labute approximate surface area is 81.4 Å². The normalized spacial score (nSPS) is 20.1. The summed E-state index contributed by atoms with van der Waals surface area (Å²) in [6.07, 6.45) is 2.45. The zero-order valence-electron chi connectivity index (χ0n) is 8.72. The summed E-state index contributed by atoms with van der Waals surface area (Å²) in [4.78, 5) is 2.50. The second-order valence-electron chi connectivity index (χ2n) is 3.51. The quantitative estimate of drug-likeness (QED) is 0.640. The first-order valence-electron chi connectivity index (χ1n) is 5.44. The molecule has 0 unspecified atom stereocenters. The Morgan fingerprint density at radius 1 is 1.31 bits per heavy atom. The van der Waals surface area contributed by atoms with Gasteiger partial charge in [-0.25, -0.2) is 0 Å². The predicted molar refractivity (Wildman–Crippen MR) is 55.0 cm³/mol. The molecule has 0 spiro atoms. The van der Waals surface area contributed by atoms with Crippen LogP contribution in [0.1, 0.15) is 19.8 Å². The topological polar surface area (TPSA) is 24.5 Å². The minimum Gasteiger partial charge on any atom is -0.380 e. The first-order valence-corrected chi connectivity index (χ1v) is 5.44. The Bertz CT molecular complexity index is 111. The van der Waals surface area contributed by atoms with Gasteiger partial charge in [-0.2, -0.15) is 0 Å². The van der Waals surface area contributed by atoms with Crippen LogP contribution in [0.2, 0.25) is 0 Å². The molecule has 1 rings (SSSR count). The van der Waals surface area contributed by atoms with Gasteiger partial charge in [-0.1, -0.05) is 6.92 Å². The summed E-state index contributed by atoms with van der Waals surface area (Å²) in [7, 11) is 0. The number of hydrogen-bond donors (Lipinski definition) is 1. The summed E-state index contributed by atoms with van der Waals surface area (Å²) in [5.41, 5.74) is 0. The van der Waals surface area contributed by atoms with E-state index in [2.05, 4.69) is 17.1 Å². The van der Waals surface area contributed by atoms with Crippen molar-refractivity contribution in [3.05, 3.63) is 0 Å². The lowest BCUT2D eigenvalue weighted by Gasteiger charge is -2.18. The maximum absolute atomic E-state index is 5.39. The van der Waals surface area contributed by atoms with Gasteiger partial charge < -0.3 is 15.0 Å². The molecule has 0 aliphatic carbocycles. The Balaban J connectivity index is 1.98. The van der Waals surface area contributed by atoms with Crippen molar-refractivity contribution in [1.29, 1.82) is 0 Å². The van der Waals surface area contributed by atoms with Crippen molar-refractivity contribution in [1.82, 2.24) is 10.2 Å². The molecule has 1 fully saturated rings. The van der Waals surface area contributed by atoms with Crippen LogP contribution < -0.4 is 5.32 Å². The highest BCUT2D eigenvalue weighted by atomic mass is 16.5. The van der Waals surface area contributed by atoms with Crippen molar-refractivity contribution in [3.8, 4) is 0 Å². The number of nitrogens with one attached hydrogen (secondary N) is 1. The molecule has 0 aromatic heterocycles. The van der Waals surface area contributed by atoms with E-state index < -0.39 is 0 Å². The first kappa shape index (κ1) is 11.0. The van der Waals surface area contributed by atoms with E-state index in [-0.39, 0.29) is 0 Å². The van der Waals surface area contributed by atoms with Gasteiger partial charge in [0.1, 0.15) is 0 Å². The maximum atomic E-state index is 5.39. The van der Waals surface area contributed by atoms with Gasteiger partial charge in [-0.3, -0.25) is 0 Å². The zero-order chi connectivity index (χ0) is 9.36. The van der Waals surface area contributed by atoms with Gasteiger partial charge in [-0.05, 0) is 32.5 Å². The van der Waals surface area contributed by atoms with E-state index >= 15 is 0 Å². The molecule has 1 heterocycles. The third kappa shape index (κ3) is 5.24. The molecular weight excluding hydrogens is 164 g/mol. The van der Waals surface area contributed by atoms with Crippen LogP contribution in [0.15, 0.2) is 0 Å². The molecule has 3 nitrogen and oxygen atoms in total. The van der Waals surface area contributed by atoms with Crippen LogP contribution in [0.25, 0.3) is 0 Å². The van der Waals surface area contributed by atoms with E-state index in [1.807, 2.05) is 0 Å². The van der Waals surface area contributed by atoms with Gasteiger partial charge >= 0.3 is 0 Å². The molecule has 3 heteroatoms. The highest BCUT2D eigenvalue weighted by Gasteiger charge is 2.07. The first-order chi connectivity index (χ1) is 6.43. The fourth-order valence-electron chi connectivity index (χ4n) is 1.63. The van der Waals surface area contributed by atoms with Crippen molar-refractivity contribution in [2.75, 3.05) is 45.9 Å². The molecule has 78 valence electrons. The van der Waals surface area contributed by atoms with Crippen LogP contribution in [-0.2, 0) is 4.74 Å². The lowest BCUT2D eigenvalue weighted by Crippen LogP contribution is -2.29. The van der Waals surface area contributed by atoms with E-state index in [9.17, 15) is 0 Å². The monoisotopic (exact) mass is 186 g/mol. The maximum Gasteiger partial charge on any atom is 0.0593 e. The van der Waals surface area contributed by atoms with Gasteiger partial charge in [0.2, 0.25) is 0 Å². The molecule has 0 aromatic rings. The average Bonchev–Trinajstić information content (AvgIpc) is 2.41. The minimum atomic E-state index is 0.918. The third-order valence-electron chi connectivity index (χ3n) is 2.39.